The van der Waals surface area contributed by atoms with Crippen LogP contribution in [0.3, 0.4) is 0 Å². The maximum absolute atomic E-state index is 12.8. The largest absolute Gasteiger partial charge is 0.497 e. The summed E-state index contributed by atoms with van der Waals surface area (Å²) >= 11 is 0. The molecule has 1 unspecified atom stereocenters. The summed E-state index contributed by atoms with van der Waals surface area (Å²) in [6, 6.07) is 20.1. The number of benzene rings is 3. The zero-order chi connectivity index (χ0) is 23.4. The van der Waals surface area contributed by atoms with E-state index >= 15 is 0 Å². The number of aromatic nitrogens is 2. The minimum atomic E-state index is -0.927. The highest BCUT2D eigenvalue weighted by molar-refractivity contribution is 5.99. The Morgan fingerprint density at radius 3 is 2.58 bits per heavy atom. The van der Waals surface area contributed by atoms with Gasteiger partial charge in [0.15, 0.2) is 6.10 Å². The molecule has 0 spiro atoms. The number of carbonyl (C=O) groups excluding carboxylic acids is 2. The molecule has 0 saturated carbocycles. The monoisotopic (exact) mass is 443 g/mol. The second kappa shape index (κ2) is 9.56. The molecule has 1 amide bonds. The molecule has 1 heterocycles. The van der Waals surface area contributed by atoms with Crippen LogP contribution in [-0.4, -0.2) is 35.1 Å². The van der Waals surface area contributed by atoms with Crippen molar-refractivity contribution in [2.45, 2.75) is 26.4 Å². The van der Waals surface area contributed by atoms with Crippen molar-refractivity contribution in [3.8, 4) is 17.1 Å². The van der Waals surface area contributed by atoms with Crippen LogP contribution in [-0.2, 0) is 9.53 Å². The predicted octanol–water partition coefficient (Wildman–Crippen LogP) is 5.12. The first-order chi connectivity index (χ1) is 16.0. The summed E-state index contributed by atoms with van der Waals surface area (Å²) in [6.45, 7) is 3.82. The van der Waals surface area contributed by atoms with Crippen molar-refractivity contribution in [3.05, 3.63) is 77.9 Å². The highest BCUT2D eigenvalue weighted by Gasteiger charge is 2.22. The van der Waals surface area contributed by atoms with E-state index in [-0.39, 0.29) is 0 Å². The van der Waals surface area contributed by atoms with Crippen molar-refractivity contribution in [2.24, 2.45) is 0 Å². The van der Waals surface area contributed by atoms with Crippen LogP contribution in [0.15, 0.2) is 66.7 Å². The van der Waals surface area contributed by atoms with Gasteiger partial charge in [0.1, 0.15) is 11.6 Å². The lowest BCUT2D eigenvalue weighted by atomic mass is 10.1. The number of methoxy groups -OCH3 is 1. The SMILES string of the molecule is CCC(OC(=O)c1ccc2nc(-c3ccc(C)cc3)[nH]c2c1)C(=O)Nc1cccc(OC)c1. The lowest BCUT2D eigenvalue weighted by molar-refractivity contribution is -0.124. The summed E-state index contributed by atoms with van der Waals surface area (Å²) in [7, 11) is 1.55. The Kier molecular flexibility index (Phi) is 6.40. The molecule has 0 saturated heterocycles. The van der Waals surface area contributed by atoms with Gasteiger partial charge >= 0.3 is 5.97 Å². The summed E-state index contributed by atoms with van der Waals surface area (Å²) in [5.41, 5.74) is 4.49. The normalized spacial score (nSPS) is 11.7. The van der Waals surface area contributed by atoms with E-state index in [9.17, 15) is 9.59 Å². The van der Waals surface area contributed by atoms with Crippen LogP contribution in [0.2, 0.25) is 0 Å². The Balaban J connectivity index is 1.48. The van der Waals surface area contributed by atoms with Gasteiger partial charge in [-0.3, -0.25) is 4.79 Å². The van der Waals surface area contributed by atoms with Gasteiger partial charge in [-0.15, -0.1) is 0 Å². The minimum absolute atomic E-state index is 0.339. The number of hydrogen-bond acceptors (Lipinski definition) is 5. The van der Waals surface area contributed by atoms with E-state index in [2.05, 4.69) is 15.3 Å². The molecule has 7 nitrogen and oxygen atoms in total. The number of amides is 1. The zero-order valence-corrected chi connectivity index (χ0v) is 18.7. The quantitative estimate of drug-likeness (QED) is 0.387. The summed E-state index contributed by atoms with van der Waals surface area (Å²) in [4.78, 5) is 33.3. The highest BCUT2D eigenvalue weighted by atomic mass is 16.5. The Hall–Kier alpha value is -4.13. The van der Waals surface area contributed by atoms with Crippen LogP contribution >= 0.6 is 0 Å². The van der Waals surface area contributed by atoms with Crippen molar-refractivity contribution in [3.63, 3.8) is 0 Å². The number of nitrogens with one attached hydrogen (secondary N) is 2. The average molecular weight is 444 g/mol. The van der Waals surface area contributed by atoms with E-state index in [1.54, 1.807) is 56.5 Å². The molecular weight excluding hydrogens is 418 g/mol. The van der Waals surface area contributed by atoms with E-state index in [0.29, 0.717) is 28.9 Å². The van der Waals surface area contributed by atoms with Gasteiger partial charge < -0.3 is 19.8 Å². The number of hydrogen-bond donors (Lipinski definition) is 2. The molecule has 0 aliphatic carbocycles. The minimum Gasteiger partial charge on any atom is -0.497 e. The van der Waals surface area contributed by atoms with Gasteiger partial charge in [0.05, 0.1) is 23.7 Å². The lowest BCUT2D eigenvalue weighted by Crippen LogP contribution is -2.32. The number of aromatic amines is 1. The van der Waals surface area contributed by atoms with E-state index in [1.807, 2.05) is 31.2 Å². The average Bonchev–Trinajstić information content (AvgIpc) is 3.26. The van der Waals surface area contributed by atoms with Gasteiger partial charge in [0, 0.05) is 17.3 Å². The van der Waals surface area contributed by atoms with Gasteiger partial charge in [-0.25, -0.2) is 9.78 Å². The van der Waals surface area contributed by atoms with Crippen LogP contribution in [0.1, 0.15) is 29.3 Å². The van der Waals surface area contributed by atoms with Crippen molar-refractivity contribution >= 4 is 28.6 Å². The number of ether oxygens (including phenoxy) is 2. The first-order valence-electron chi connectivity index (χ1n) is 10.7. The third-order valence-corrected chi connectivity index (χ3v) is 5.29. The smallest absolute Gasteiger partial charge is 0.338 e. The van der Waals surface area contributed by atoms with E-state index in [1.165, 1.54) is 5.56 Å². The molecule has 1 atom stereocenters. The second-order valence-electron chi connectivity index (χ2n) is 7.71. The molecule has 0 radical (unpaired) electrons. The molecule has 4 aromatic rings. The Bertz CT molecular complexity index is 1290. The standard InChI is InChI=1S/C26H25N3O4/c1-4-23(25(30)27-19-6-5-7-20(15-19)32-3)33-26(31)18-12-13-21-22(14-18)29-24(28-21)17-10-8-16(2)9-11-17/h5-15,23H,4H2,1-3H3,(H,27,30)(H,28,29). The van der Waals surface area contributed by atoms with Gasteiger partial charge in [-0.1, -0.05) is 42.8 Å². The number of fused-ring (bicyclic) bond motifs is 1. The molecular formula is C26H25N3O4. The number of anilines is 1. The van der Waals surface area contributed by atoms with Crippen LogP contribution in [0.25, 0.3) is 22.4 Å². The molecule has 3 aromatic carbocycles. The maximum Gasteiger partial charge on any atom is 0.338 e. The maximum atomic E-state index is 12.8. The Morgan fingerprint density at radius 2 is 1.85 bits per heavy atom. The molecule has 33 heavy (non-hydrogen) atoms. The molecule has 1 aromatic heterocycles. The van der Waals surface area contributed by atoms with E-state index < -0.39 is 18.0 Å². The van der Waals surface area contributed by atoms with E-state index in [0.717, 1.165) is 16.9 Å². The fraction of sp³-hybridized carbons (Fsp3) is 0.192. The molecule has 0 aliphatic heterocycles. The van der Waals surface area contributed by atoms with Crippen LogP contribution in [0, 0.1) is 6.92 Å². The second-order valence-corrected chi connectivity index (χ2v) is 7.71. The number of aryl methyl sites for hydroxylation is 1. The van der Waals surface area contributed by atoms with Crippen molar-refractivity contribution in [2.75, 3.05) is 12.4 Å². The van der Waals surface area contributed by atoms with Crippen LogP contribution < -0.4 is 10.1 Å². The van der Waals surface area contributed by atoms with E-state index in [4.69, 9.17) is 9.47 Å². The first kappa shape index (κ1) is 22.1. The summed E-state index contributed by atoms with van der Waals surface area (Å²) in [6.07, 6.45) is -0.588. The van der Waals surface area contributed by atoms with Gasteiger partial charge in [0.25, 0.3) is 5.91 Å². The van der Waals surface area contributed by atoms with Crippen molar-refractivity contribution in [1.29, 1.82) is 0 Å². The number of nitrogens with zero attached hydrogens (tertiary/aromatic N) is 1. The van der Waals surface area contributed by atoms with Crippen molar-refractivity contribution in [1.82, 2.24) is 9.97 Å². The van der Waals surface area contributed by atoms with Gasteiger partial charge in [-0.2, -0.15) is 0 Å². The molecule has 0 bridgehead atoms. The molecule has 7 heteroatoms. The molecule has 0 fully saturated rings. The van der Waals surface area contributed by atoms with Gasteiger partial charge in [0.2, 0.25) is 0 Å². The number of imidazole rings is 1. The summed E-state index contributed by atoms with van der Waals surface area (Å²) in [5.74, 6) is 0.370. The third-order valence-electron chi connectivity index (χ3n) is 5.29. The number of carbonyl (C=O) groups is 2. The third kappa shape index (κ3) is 5.03. The molecule has 2 N–H and O–H groups in total. The number of esters is 1. The highest BCUT2D eigenvalue weighted by Crippen LogP contribution is 2.23. The molecule has 4 rings (SSSR count). The van der Waals surface area contributed by atoms with Gasteiger partial charge in [-0.05, 0) is 43.7 Å². The van der Waals surface area contributed by atoms with Crippen LogP contribution in [0.5, 0.6) is 5.75 Å². The summed E-state index contributed by atoms with van der Waals surface area (Å²) in [5, 5.41) is 2.77. The predicted molar refractivity (Wildman–Crippen MR) is 127 cm³/mol. The Labute approximate surface area is 191 Å². The number of H-pyrrole nitrogens is 1. The topological polar surface area (TPSA) is 93.3 Å². The Morgan fingerprint density at radius 1 is 1.06 bits per heavy atom. The zero-order valence-electron chi connectivity index (χ0n) is 18.7. The fourth-order valence-corrected chi connectivity index (χ4v) is 3.43. The van der Waals surface area contributed by atoms with Crippen molar-refractivity contribution < 1.29 is 19.1 Å². The molecule has 168 valence electrons. The lowest BCUT2D eigenvalue weighted by Gasteiger charge is -2.16. The molecule has 0 aliphatic rings. The first-order valence-corrected chi connectivity index (χ1v) is 10.7. The summed E-state index contributed by atoms with van der Waals surface area (Å²) < 4.78 is 10.7. The fourth-order valence-electron chi connectivity index (χ4n) is 3.43. The number of rotatable bonds is 7. The van der Waals surface area contributed by atoms with Crippen LogP contribution in [0.4, 0.5) is 5.69 Å².